The SMILES string of the molecule is CC(=O)Nc1cccc(Nc2ncnc(N3CC=C(C4=CC=CCC4=S)CC3)n2)c1C. The van der Waals surface area contributed by atoms with Crippen molar-refractivity contribution in [3.05, 3.63) is 65.5 Å². The van der Waals surface area contributed by atoms with E-state index < -0.39 is 0 Å². The van der Waals surface area contributed by atoms with Crippen LogP contribution in [0.25, 0.3) is 0 Å². The minimum absolute atomic E-state index is 0.110. The van der Waals surface area contributed by atoms with Crippen LogP contribution in [0.5, 0.6) is 0 Å². The molecule has 1 amide bonds. The van der Waals surface area contributed by atoms with Crippen molar-refractivity contribution in [3.63, 3.8) is 0 Å². The van der Waals surface area contributed by atoms with Gasteiger partial charge in [0.1, 0.15) is 6.33 Å². The lowest BCUT2D eigenvalue weighted by Gasteiger charge is -2.28. The molecule has 0 saturated heterocycles. The molecule has 2 N–H and O–H groups in total. The molecule has 0 fully saturated rings. The largest absolute Gasteiger partial charge is 0.337 e. The maximum atomic E-state index is 11.4. The number of allylic oxidation sites excluding steroid dienone is 4. The molecule has 4 rings (SSSR count). The third-order valence-electron chi connectivity index (χ3n) is 5.29. The summed E-state index contributed by atoms with van der Waals surface area (Å²) in [5.74, 6) is 0.980. The maximum absolute atomic E-state index is 11.4. The number of carbonyl (C=O) groups is 1. The van der Waals surface area contributed by atoms with Crippen molar-refractivity contribution in [2.45, 2.75) is 26.7 Å². The van der Waals surface area contributed by atoms with Crippen molar-refractivity contribution in [1.29, 1.82) is 0 Å². The Bertz CT molecular complexity index is 1120. The Morgan fingerprint density at radius 2 is 2.06 bits per heavy atom. The van der Waals surface area contributed by atoms with E-state index in [2.05, 4.69) is 54.8 Å². The monoisotopic (exact) mass is 432 g/mol. The van der Waals surface area contributed by atoms with E-state index >= 15 is 0 Å². The quantitative estimate of drug-likeness (QED) is 0.683. The Kier molecular flexibility index (Phi) is 6.18. The van der Waals surface area contributed by atoms with E-state index in [4.69, 9.17) is 12.2 Å². The minimum atomic E-state index is -0.110. The van der Waals surface area contributed by atoms with Gasteiger partial charge in [-0.3, -0.25) is 4.79 Å². The Hall–Kier alpha value is -3.39. The van der Waals surface area contributed by atoms with Crippen LogP contribution in [0, 0.1) is 6.92 Å². The number of nitrogens with one attached hydrogen (secondary N) is 2. The van der Waals surface area contributed by atoms with Gasteiger partial charge in [-0.1, -0.05) is 42.6 Å². The highest BCUT2D eigenvalue weighted by Gasteiger charge is 2.19. The predicted molar refractivity (Wildman–Crippen MR) is 128 cm³/mol. The van der Waals surface area contributed by atoms with E-state index in [9.17, 15) is 4.79 Å². The summed E-state index contributed by atoms with van der Waals surface area (Å²) in [7, 11) is 0. The molecule has 0 atom stereocenters. The molecule has 1 aliphatic heterocycles. The lowest BCUT2D eigenvalue weighted by atomic mass is 9.93. The third-order valence-corrected chi connectivity index (χ3v) is 5.68. The van der Waals surface area contributed by atoms with Crippen molar-refractivity contribution in [1.82, 2.24) is 15.0 Å². The van der Waals surface area contributed by atoms with Gasteiger partial charge in [0.25, 0.3) is 0 Å². The highest BCUT2D eigenvalue weighted by Crippen LogP contribution is 2.27. The number of carbonyl (C=O) groups excluding carboxylic acids is 1. The molecule has 1 aliphatic carbocycles. The van der Waals surface area contributed by atoms with Crippen molar-refractivity contribution in [2.75, 3.05) is 28.6 Å². The lowest BCUT2D eigenvalue weighted by molar-refractivity contribution is -0.114. The first kappa shape index (κ1) is 20.9. The number of rotatable bonds is 5. The molecule has 0 bridgehead atoms. The Morgan fingerprint density at radius 1 is 1.23 bits per heavy atom. The summed E-state index contributed by atoms with van der Waals surface area (Å²) in [6, 6.07) is 5.66. The molecule has 8 heteroatoms. The highest BCUT2D eigenvalue weighted by molar-refractivity contribution is 7.80. The second kappa shape index (κ2) is 9.18. The van der Waals surface area contributed by atoms with E-state index in [-0.39, 0.29) is 5.91 Å². The molecule has 0 saturated carbocycles. The molecule has 1 aromatic carbocycles. The van der Waals surface area contributed by atoms with Gasteiger partial charge < -0.3 is 15.5 Å². The zero-order valence-electron chi connectivity index (χ0n) is 17.6. The molecular weight excluding hydrogens is 408 g/mol. The fourth-order valence-corrected chi connectivity index (χ4v) is 3.94. The summed E-state index contributed by atoms with van der Waals surface area (Å²) < 4.78 is 0. The van der Waals surface area contributed by atoms with Crippen molar-refractivity contribution in [3.8, 4) is 0 Å². The van der Waals surface area contributed by atoms with Crippen LogP contribution < -0.4 is 15.5 Å². The summed E-state index contributed by atoms with van der Waals surface area (Å²) in [5.41, 5.74) is 4.98. The van der Waals surface area contributed by atoms with Gasteiger partial charge in [0.15, 0.2) is 0 Å². The fourth-order valence-electron chi connectivity index (χ4n) is 3.64. The average Bonchev–Trinajstić information content (AvgIpc) is 2.77. The van der Waals surface area contributed by atoms with Crippen molar-refractivity contribution < 1.29 is 4.79 Å². The van der Waals surface area contributed by atoms with Crippen LogP contribution in [0.1, 0.15) is 25.3 Å². The minimum Gasteiger partial charge on any atom is -0.337 e. The van der Waals surface area contributed by atoms with Gasteiger partial charge in [0.05, 0.1) is 0 Å². The van der Waals surface area contributed by atoms with Gasteiger partial charge in [-0.15, -0.1) is 0 Å². The van der Waals surface area contributed by atoms with Gasteiger partial charge >= 0.3 is 0 Å². The van der Waals surface area contributed by atoms with Crippen LogP contribution in [0.3, 0.4) is 0 Å². The standard InChI is InChI=1S/C23H24N6OS/c1-15-19(26-16(2)30)7-5-8-20(15)27-22-24-14-25-23(28-22)29-12-10-17(11-13-29)18-6-3-4-9-21(18)31/h3-8,10,14H,9,11-13H2,1-2H3,(H,26,30)(H,24,25,27,28). The van der Waals surface area contributed by atoms with E-state index in [1.54, 1.807) is 0 Å². The average molecular weight is 433 g/mol. The number of hydrogen-bond donors (Lipinski definition) is 2. The lowest BCUT2D eigenvalue weighted by Crippen LogP contribution is -2.31. The number of benzene rings is 1. The number of anilines is 4. The van der Waals surface area contributed by atoms with Crippen molar-refractivity contribution >= 4 is 46.3 Å². The highest BCUT2D eigenvalue weighted by atomic mass is 32.1. The molecule has 2 aliphatic rings. The van der Waals surface area contributed by atoms with E-state index in [1.807, 2.05) is 25.1 Å². The zero-order valence-corrected chi connectivity index (χ0v) is 18.4. The second-order valence-electron chi connectivity index (χ2n) is 7.45. The second-order valence-corrected chi connectivity index (χ2v) is 7.95. The van der Waals surface area contributed by atoms with Gasteiger partial charge in [0.2, 0.25) is 17.8 Å². The molecule has 2 aromatic rings. The Balaban J connectivity index is 1.49. The Labute approximate surface area is 187 Å². The van der Waals surface area contributed by atoms with Crippen LogP contribution in [0.15, 0.2) is 60.0 Å². The van der Waals surface area contributed by atoms with Crippen LogP contribution in [-0.2, 0) is 4.79 Å². The predicted octanol–water partition coefficient (Wildman–Crippen LogP) is 4.27. The summed E-state index contributed by atoms with van der Waals surface area (Å²) in [4.78, 5) is 27.8. The maximum Gasteiger partial charge on any atom is 0.232 e. The summed E-state index contributed by atoms with van der Waals surface area (Å²) in [6.07, 6.45) is 11.7. The first-order chi connectivity index (χ1) is 15.0. The van der Waals surface area contributed by atoms with Gasteiger partial charge in [-0.25, -0.2) is 9.97 Å². The summed E-state index contributed by atoms with van der Waals surface area (Å²) in [6.45, 7) is 4.97. The van der Waals surface area contributed by atoms with Crippen LogP contribution in [0.2, 0.25) is 0 Å². The molecule has 2 heterocycles. The summed E-state index contributed by atoms with van der Waals surface area (Å²) >= 11 is 5.51. The van der Waals surface area contributed by atoms with Gasteiger partial charge in [0, 0.05) is 42.7 Å². The van der Waals surface area contributed by atoms with E-state index in [0.29, 0.717) is 11.9 Å². The van der Waals surface area contributed by atoms with E-state index in [0.717, 1.165) is 47.7 Å². The number of amides is 1. The molecule has 7 nitrogen and oxygen atoms in total. The number of nitrogens with zero attached hydrogens (tertiary/aromatic N) is 4. The van der Waals surface area contributed by atoms with E-state index in [1.165, 1.54) is 24.4 Å². The van der Waals surface area contributed by atoms with Crippen LogP contribution in [-0.4, -0.2) is 38.8 Å². The normalized spacial score (nSPS) is 15.9. The molecule has 31 heavy (non-hydrogen) atoms. The van der Waals surface area contributed by atoms with Gasteiger partial charge in [-0.2, -0.15) is 4.98 Å². The molecular formula is C23H24N6OS. The molecule has 0 radical (unpaired) electrons. The van der Waals surface area contributed by atoms with Crippen LogP contribution >= 0.6 is 12.2 Å². The first-order valence-electron chi connectivity index (χ1n) is 10.2. The van der Waals surface area contributed by atoms with Crippen molar-refractivity contribution in [2.24, 2.45) is 0 Å². The Morgan fingerprint density at radius 3 is 2.81 bits per heavy atom. The molecule has 1 aromatic heterocycles. The van der Waals surface area contributed by atoms with Crippen LogP contribution in [0.4, 0.5) is 23.3 Å². The third kappa shape index (κ3) is 4.86. The number of aromatic nitrogens is 3. The summed E-state index contributed by atoms with van der Waals surface area (Å²) in [5, 5.41) is 6.07. The first-order valence-corrected chi connectivity index (χ1v) is 10.6. The molecule has 0 spiro atoms. The molecule has 158 valence electrons. The van der Waals surface area contributed by atoms with Gasteiger partial charge in [-0.05, 0) is 42.2 Å². The fraction of sp³-hybridized carbons (Fsp3) is 0.261. The molecule has 0 unspecified atom stereocenters. The zero-order chi connectivity index (χ0) is 21.8. The number of hydrogen-bond acceptors (Lipinski definition) is 7. The number of thiocarbonyl (C=S) groups is 1. The smallest absolute Gasteiger partial charge is 0.232 e. The topological polar surface area (TPSA) is 83.0 Å².